The second kappa shape index (κ2) is 16.6. The average Bonchev–Trinajstić information content (AvgIpc) is 2.87. The van der Waals surface area contributed by atoms with Gasteiger partial charge in [0, 0.05) is 12.8 Å². The molecule has 1 aromatic carbocycles. The van der Waals surface area contributed by atoms with Gasteiger partial charge >= 0.3 is 5.97 Å². The monoisotopic (exact) mass is 537 g/mol. The van der Waals surface area contributed by atoms with E-state index in [1.54, 1.807) is 30.3 Å². The van der Waals surface area contributed by atoms with Crippen LogP contribution in [-0.4, -0.2) is 70.9 Å². The first-order valence-electron chi connectivity index (χ1n) is 12.2. The quantitative estimate of drug-likeness (QED) is 0.162. The first kappa shape index (κ1) is 31.9. The number of carboxylic acids is 1. The molecule has 1 aromatic rings. The van der Waals surface area contributed by atoms with Crippen molar-refractivity contribution in [2.45, 2.75) is 70.1 Å². The molecule has 206 valence electrons. The topological polar surface area (TPSA) is 194 Å². The summed E-state index contributed by atoms with van der Waals surface area (Å²) in [5.41, 5.74) is 11.9. The number of hydrogen-bond donors (Lipinski definition) is 6. The molecule has 0 aliphatic heterocycles. The molecular formula is C25H39N5O6S. The average molecular weight is 538 g/mol. The van der Waals surface area contributed by atoms with Crippen molar-refractivity contribution in [1.29, 1.82) is 0 Å². The molecule has 0 saturated carbocycles. The Bertz CT molecular complexity index is 916. The molecule has 8 N–H and O–H groups in total. The summed E-state index contributed by atoms with van der Waals surface area (Å²) in [5.74, 6) is -3.33. The van der Waals surface area contributed by atoms with Crippen molar-refractivity contribution >= 4 is 41.4 Å². The Morgan fingerprint density at radius 3 is 2.03 bits per heavy atom. The zero-order chi connectivity index (χ0) is 28.0. The van der Waals surface area contributed by atoms with Gasteiger partial charge in [-0.05, 0) is 36.3 Å². The van der Waals surface area contributed by atoms with Crippen LogP contribution in [0.15, 0.2) is 30.3 Å². The van der Waals surface area contributed by atoms with Gasteiger partial charge in [-0.25, -0.2) is 4.79 Å². The number of amides is 4. The fourth-order valence-electron chi connectivity index (χ4n) is 3.43. The predicted octanol–water partition coefficient (Wildman–Crippen LogP) is 0.160. The molecule has 5 unspecified atom stereocenters. The summed E-state index contributed by atoms with van der Waals surface area (Å²) in [5, 5.41) is 17.2. The van der Waals surface area contributed by atoms with E-state index in [1.807, 2.05) is 20.1 Å². The second-order valence-corrected chi connectivity index (χ2v) is 9.89. The molecule has 0 aliphatic rings. The van der Waals surface area contributed by atoms with Crippen LogP contribution >= 0.6 is 11.8 Å². The summed E-state index contributed by atoms with van der Waals surface area (Å²) in [6.07, 6.45) is 2.52. The molecule has 12 heteroatoms. The van der Waals surface area contributed by atoms with Crippen LogP contribution in [0.4, 0.5) is 0 Å². The van der Waals surface area contributed by atoms with Crippen LogP contribution in [-0.2, 0) is 30.4 Å². The SMILES string of the molecule is CCC(C)C(N)C(=O)NC(CCSC)C(=O)NC(Cc1ccccc1)C(=O)NC(CCC(N)=O)C(=O)O. The van der Waals surface area contributed by atoms with E-state index < -0.39 is 53.8 Å². The van der Waals surface area contributed by atoms with Crippen molar-refractivity contribution in [2.75, 3.05) is 12.0 Å². The molecule has 1 rings (SSSR count). The van der Waals surface area contributed by atoms with E-state index in [-0.39, 0.29) is 25.2 Å². The number of nitrogens with two attached hydrogens (primary N) is 2. The third kappa shape index (κ3) is 11.6. The standard InChI is InChI=1S/C25H39N5O6S/c1-4-15(2)21(27)24(34)28-17(12-13-37-3)22(32)30-19(14-16-8-6-5-7-9-16)23(33)29-18(25(35)36)10-11-20(26)31/h5-9,15,17-19,21H,4,10-14,27H2,1-3H3,(H2,26,31)(H,28,34)(H,29,33)(H,30,32)(H,35,36). The lowest BCUT2D eigenvalue weighted by atomic mass is 9.99. The van der Waals surface area contributed by atoms with Crippen molar-refractivity contribution < 1.29 is 29.1 Å². The van der Waals surface area contributed by atoms with E-state index in [0.717, 1.165) is 5.56 Å². The van der Waals surface area contributed by atoms with Crippen LogP contribution in [0.25, 0.3) is 0 Å². The van der Waals surface area contributed by atoms with Crippen molar-refractivity contribution in [1.82, 2.24) is 16.0 Å². The summed E-state index contributed by atoms with van der Waals surface area (Å²) in [6.45, 7) is 3.76. The highest BCUT2D eigenvalue weighted by molar-refractivity contribution is 7.98. The van der Waals surface area contributed by atoms with Gasteiger partial charge in [-0.15, -0.1) is 0 Å². The number of nitrogens with one attached hydrogen (secondary N) is 3. The Balaban J connectivity index is 3.11. The molecule has 0 bridgehead atoms. The van der Waals surface area contributed by atoms with Gasteiger partial charge in [-0.3, -0.25) is 19.2 Å². The van der Waals surface area contributed by atoms with E-state index in [0.29, 0.717) is 18.6 Å². The Morgan fingerprint density at radius 1 is 0.919 bits per heavy atom. The number of hydrogen-bond acceptors (Lipinski definition) is 7. The van der Waals surface area contributed by atoms with E-state index in [9.17, 15) is 29.1 Å². The maximum atomic E-state index is 13.3. The van der Waals surface area contributed by atoms with Crippen LogP contribution in [0, 0.1) is 5.92 Å². The minimum atomic E-state index is -1.37. The van der Waals surface area contributed by atoms with E-state index in [1.165, 1.54) is 11.8 Å². The highest BCUT2D eigenvalue weighted by atomic mass is 32.2. The summed E-state index contributed by atoms with van der Waals surface area (Å²) < 4.78 is 0. The fourth-order valence-corrected chi connectivity index (χ4v) is 3.90. The lowest BCUT2D eigenvalue weighted by Gasteiger charge is -2.26. The van der Waals surface area contributed by atoms with Crippen LogP contribution < -0.4 is 27.4 Å². The fraction of sp³-hybridized carbons (Fsp3) is 0.560. The van der Waals surface area contributed by atoms with Crippen LogP contribution in [0.3, 0.4) is 0 Å². The lowest BCUT2D eigenvalue weighted by molar-refractivity contribution is -0.142. The summed E-state index contributed by atoms with van der Waals surface area (Å²) in [4.78, 5) is 61.8. The molecule has 0 fully saturated rings. The zero-order valence-electron chi connectivity index (χ0n) is 21.6. The highest BCUT2D eigenvalue weighted by Crippen LogP contribution is 2.09. The largest absolute Gasteiger partial charge is 0.480 e. The predicted molar refractivity (Wildman–Crippen MR) is 142 cm³/mol. The van der Waals surface area contributed by atoms with Crippen molar-refractivity contribution in [3.05, 3.63) is 35.9 Å². The smallest absolute Gasteiger partial charge is 0.326 e. The van der Waals surface area contributed by atoms with E-state index in [4.69, 9.17) is 11.5 Å². The van der Waals surface area contributed by atoms with Gasteiger partial charge in [0.2, 0.25) is 23.6 Å². The minimum absolute atomic E-state index is 0.0795. The Kier molecular flexibility index (Phi) is 14.3. The molecular weight excluding hydrogens is 498 g/mol. The zero-order valence-corrected chi connectivity index (χ0v) is 22.4. The maximum absolute atomic E-state index is 13.3. The molecule has 0 aromatic heterocycles. The van der Waals surface area contributed by atoms with Crippen LogP contribution in [0.2, 0.25) is 0 Å². The first-order valence-corrected chi connectivity index (χ1v) is 13.6. The van der Waals surface area contributed by atoms with Gasteiger partial charge < -0.3 is 32.5 Å². The molecule has 0 heterocycles. The summed E-state index contributed by atoms with van der Waals surface area (Å²) in [7, 11) is 0. The van der Waals surface area contributed by atoms with Gasteiger partial charge in [0.15, 0.2) is 0 Å². The first-order chi connectivity index (χ1) is 17.5. The molecule has 11 nitrogen and oxygen atoms in total. The normalized spacial score (nSPS) is 14.9. The van der Waals surface area contributed by atoms with Crippen molar-refractivity contribution in [3.63, 3.8) is 0 Å². The summed E-state index contributed by atoms with van der Waals surface area (Å²) >= 11 is 1.50. The molecule has 0 spiro atoms. The van der Waals surface area contributed by atoms with Crippen molar-refractivity contribution in [2.24, 2.45) is 17.4 Å². The third-order valence-electron chi connectivity index (χ3n) is 6.01. The van der Waals surface area contributed by atoms with E-state index in [2.05, 4.69) is 16.0 Å². The van der Waals surface area contributed by atoms with Gasteiger partial charge in [0.1, 0.15) is 18.1 Å². The summed E-state index contributed by atoms with van der Waals surface area (Å²) in [6, 6.07) is 4.66. The minimum Gasteiger partial charge on any atom is -0.480 e. The number of carboxylic acid groups (broad SMARTS) is 1. The van der Waals surface area contributed by atoms with Gasteiger partial charge in [-0.2, -0.15) is 11.8 Å². The van der Waals surface area contributed by atoms with Gasteiger partial charge in [-0.1, -0.05) is 50.6 Å². The number of aliphatic carboxylic acids is 1. The third-order valence-corrected chi connectivity index (χ3v) is 6.66. The number of rotatable bonds is 17. The maximum Gasteiger partial charge on any atom is 0.326 e. The number of benzene rings is 1. The lowest BCUT2D eigenvalue weighted by Crippen LogP contribution is -2.58. The van der Waals surface area contributed by atoms with Crippen LogP contribution in [0.5, 0.6) is 0 Å². The van der Waals surface area contributed by atoms with Gasteiger partial charge in [0.25, 0.3) is 0 Å². The molecule has 0 radical (unpaired) electrons. The number of carbonyl (C=O) groups is 5. The Morgan fingerprint density at radius 2 is 1.49 bits per heavy atom. The second-order valence-electron chi connectivity index (χ2n) is 8.91. The molecule has 0 aliphatic carbocycles. The molecule has 5 atom stereocenters. The van der Waals surface area contributed by atoms with Crippen LogP contribution in [0.1, 0.15) is 45.1 Å². The highest BCUT2D eigenvalue weighted by Gasteiger charge is 2.31. The molecule has 4 amide bonds. The number of thioether (sulfide) groups is 1. The van der Waals surface area contributed by atoms with Crippen molar-refractivity contribution in [3.8, 4) is 0 Å². The number of primary amides is 1. The van der Waals surface area contributed by atoms with E-state index >= 15 is 0 Å². The Labute approximate surface area is 221 Å². The van der Waals surface area contributed by atoms with Gasteiger partial charge in [0.05, 0.1) is 6.04 Å². The Hall–Kier alpha value is -3.12. The molecule has 0 saturated heterocycles. The molecule has 37 heavy (non-hydrogen) atoms. The number of carbonyl (C=O) groups excluding carboxylic acids is 4.